The molecule has 1 aromatic rings. The van der Waals surface area contributed by atoms with E-state index in [0.717, 1.165) is 24.1 Å². The number of nitrogens with one attached hydrogen (secondary N) is 3. The number of carbonyl (C=O) groups is 3. The Balaban J connectivity index is 1.87. The number of carbonyl (C=O) groups excluding carboxylic acids is 3. The zero-order valence-corrected chi connectivity index (χ0v) is 16.4. The molecule has 1 aliphatic rings. The molecule has 1 fully saturated rings. The maximum atomic E-state index is 12.5. The summed E-state index contributed by atoms with van der Waals surface area (Å²) in [4.78, 5) is 38.6. The first-order valence-electron chi connectivity index (χ1n) is 9.61. The van der Waals surface area contributed by atoms with E-state index in [4.69, 9.17) is 0 Å². The Morgan fingerprint density at radius 2 is 2.07 bits per heavy atom. The quantitative estimate of drug-likeness (QED) is 0.713. The number of anilines is 1. The molecule has 2 rings (SSSR count). The Bertz CT molecular complexity index is 677. The zero-order chi connectivity index (χ0) is 19.8. The van der Waals surface area contributed by atoms with E-state index < -0.39 is 6.04 Å². The normalized spacial score (nSPS) is 17.7. The summed E-state index contributed by atoms with van der Waals surface area (Å²) in [6, 6.07) is 6.82. The topological polar surface area (TPSA) is 90.5 Å². The molecular formula is C20H30N4O3. The van der Waals surface area contributed by atoms with Gasteiger partial charge in [-0.25, -0.2) is 4.79 Å². The standard InChI is InChI=1S/C20H30N4O3/c1-4-10-21-18(25)15(3)22-19(26)16-8-6-11-24(13-16)20(27)23-17-9-5-7-14(2)12-17/h5,7,9,12,15-16H,4,6,8,10-11,13H2,1-3H3,(H,21,25)(H,22,26)(H,23,27). The molecule has 0 aliphatic carbocycles. The molecule has 2 unspecified atom stereocenters. The molecule has 0 aromatic heterocycles. The van der Waals surface area contributed by atoms with Crippen LogP contribution in [-0.2, 0) is 9.59 Å². The van der Waals surface area contributed by atoms with Gasteiger partial charge in [0.15, 0.2) is 0 Å². The van der Waals surface area contributed by atoms with Gasteiger partial charge < -0.3 is 20.9 Å². The van der Waals surface area contributed by atoms with Crippen molar-refractivity contribution < 1.29 is 14.4 Å². The van der Waals surface area contributed by atoms with Crippen LogP contribution >= 0.6 is 0 Å². The van der Waals surface area contributed by atoms with Crippen LogP contribution in [0.25, 0.3) is 0 Å². The molecule has 1 heterocycles. The second-order valence-electron chi connectivity index (χ2n) is 7.11. The first-order valence-corrected chi connectivity index (χ1v) is 9.61. The number of amides is 4. The van der Waals surface area contributed by atoms with E-state index >= 15 is 0 Å². The number of hydrogen-bond acceptors (Lipinski definition) is 3. The van der Waals surface area contributed by atoms with Crippen molar-refractivity contribution in [1.29, 1.82) is 0 Å². The Morgan fingerprint density at radius 1 is 1.30 bits per heavy atom. The highest BCUT2D eigenvalue weighted by molar-refractivity contribution is 5.91. The molecule has 4 amide bonds. The minimum Gasteiger partial charge on any atom is -0.354 e. The van der Waals surface area contributed by atoms with Crippen LogP contribution in [-0.4, -0.2) is 48.4 Å². The summed E-state index contributed by atoms with van der Waals surface area (Å²) in [7, 11) is 0. The highest BCUT2D eigenvalue weighted by atomic mass is 16.2. The average Bonchev–Trinajstić information content (AvgIpc) is 2.66. The van der Waals surface area contributed by atoms with Crippen molar-refractivity contribution in [2.24, 2.45) is 5.92 Å². The van der Waals surface area contributed by atoms with Crippen molar-refractivity contribution in [3.8, 4) is 0 Å². The number of benzene rings is 1. The fraction of sp³-hybridized carbons (Fsp3) is 0.550. The van der Waals surface area contributed by atoms with Crippen molar-refractivity contribution in [2.45, 2.75) is 46.1 Å². The van der Waals surface area contributed by atoms with E-state index in [-0.39, 0.29) is 23.8 Å². The first-order chi connectivity index (χ1) is 12.9. The lowest BCUT2D eigenvalue weighted by atomic mass is 9.97. The molecule has 7 nitrogen and oxygen atoms in total. The molecule has 7 heteroatoms. The molecule has 2 atom stereocenters. The molecule has 0 bridgehead atoms. The summed E-state index contributed by atoms with van der Waals surface area (Å²) < 4.78 is 0. The van der Waals surface area contributed by atoms with Crippen molar-refractivity contribution in [3.05, 3.63) is 29.8 Å². The molecule has 27 heavy (non-hydrogen) atoms. The van der Waals surface area contributed by atoms with Crippen molar-refractivity contribution >= 4 is 23.5 Å². The van der Waals surface area contributed by atoms with Crippen LogP contribution in [0.2, 0.25) is 0 Å². The largest absolute Gasteiger partial charge is 0.354 e. The van der Waals surface area contributed by atoms with E-state index in [1.54, 1.807) is 11.8 Å². The van der Waals surface area contributed by atoms with Gasteiger partial charge in [-0.05, 0) is 50.8 Å². The summed E-state index contributed by atoms with van der Waals surface area (Å²) in [5.74, 6) is -0.666. The van der Waals surface area contributed by atoms with Crippen LogP contribution in [0, 0.1) is 12.8 Å². The van der Waals surface area contributed by atoms with E-state index in [1.807, 2.05) is 38.1 Å². The molecule has 1 saturated heterocycles. The van der Waals surface area contributed by atoms with E-state index in [1.165, 1.54) is 0 Å². The number of likely N-dealkylation sites (tertiary alicyclic amines) is 1. The number of hydrogen-bond donors (Lipinski definition) is 3. The van der Waals surface area contributed by atoms with Crippen molar-refractivity contribution in [3.63, 3.8) is 0 Å². The van der Waals surface area contributed by atoms with Crippen LogP contribution in [0.15, 0.2) is 24.3 Å². The number of nitrogens with zero attached hydrogens (tertiary/aromatic N) is 1. The van der Waals surface area contributed by atoms with E-state index in [2.05, 4.69) is 16.0 Å². The lowest BCUT2D eigenvalue weighted by Crippen LogP contribution is -2.51. The third-order valence-electron chi connectivity index (χ3n) is 4.65. The monoisotopic (exact) mass is 374 g/mol. The second-order valence-corrected chi connectivity index (χ2v) is 7.11. The van der Waals surface area contributed by atoms with Gasteiger partial charge in [-0.1, -0.05) is 19.1 Å². The van der Waals surface area contributed by atoms with Gasteiger partial charge in [0.05, 0.1) is 5.92 Å². The second kappa shape index (κ2) is 9.94. The maximum Gasteiger partial charge on any atom is 0.321 e. The van der Waals surface area contributed by atoms with Gasteiger partial charge in [-0.15, -0.1) is 0 Å². The lowest BCUT2D eigenvalue weighted by Gasteiger charge is -2.32. The Labute approximate surface area is 160 Å². The van der Waals surface area contributed by atoms with Gasteiger partial charge in [-0.3, -0.25) is 9.59 Å². The molecule has 0 spiro atoms. The fourth-order valence-electron chi connectivity index (χ4n) is 3.10. The van der Waals surface area contributed by atoms with Gasteiger partial charge in [0.25, 0.3) is 0 Å². The molecule has 0 saturated carbocycles. The molecule has 3 N–H and O–H groups in total. The summed E-state index contributed by atoms with van der Waals surface area (Å²) in [5, 5.41) is 8.42. The van der Waals surface area contributed by atoms with Gasteiger partial charge >= 0.3 is 6.03 Å². The zero-order valence-electron chi connectivity index (χ0n) is 16.4. The highest BCUT2D eigenvalue weighted by Crippen LogP contribution is 2.18. The summed E-state index contributed by atoms with van der Waals surface area (Å²) in [5.41, 5.74) is 1.81. The summed E-state index contributed by atoms with van der Waals surface area (Å²) in [6.45, 7) is 7.18. The Morgan fingerprint density at radius 3 is 2.78 bits per heavy atom. The van der Waals surface area contributed by atoms with Crippen LogP contribution in [0.1, 0.15) is 38.7 Å². The first kappa shape index (κ1) is 20.7. The van der Waals surface area contributed by atoms with Crippen LogP contribution in [0.5, 0.6) is 0 Å². The van der Waals surface area contributed by atoms with Crippen LogP contribution in [0.4, 0.5) is 10.5 Å². The lowest BCUT2D eigenvalue weighted by molar-refractivity contribution is -0.131. The number of aryl methyl sites for hydroxylation is 1. The minimum atomic E-state index is -0.583. The van der Waals surface area contributed by atoms with Gasteiger partial charge in [-0.2, -0.15) is 0 Å². The third-order valence-corrected chi connectivity index (χ3v) is 4.65. The molecule has 0 radical (unpaired) electrons. The summed E-state index contributed by atoms with van der Waals surface area (Å²) in [6.07, 6.45) is 2.32. The fourth-order valence-corrected chi connectivity index (χ4v) is 3.10. The Kier molecular flexibility index (Phi) is 7.64. The van der Waals surface area contributed by atoms with E-state index in [0.29, 0.717) is 26.1 Å². The predicted molar refractivity (Wildman–Crippen MR) is 105 cm³/mol. The number of rotatable bonds is 6. The van der Waals surface area contributed by atoms with Gasteiger partial charge in [0.2, 0.25) is 11.8 Å². The van der Waals surface area contributed by atoms with E-state index in [9.17, 15) is 14.4 Å². The number of piperidine rings is 1. The molecule has 148 valence electrons. The maximum absolute atomic E-state index is 12.5. The smallest absolute Gasteiger partial charge is 0.321 e. The highest BCUT2D eigenvalue weighted by Gasteiger charge is 2.30. The van der Waals surface area contributed by atoms with Gasteiger partial charge in [0.1, 0.15) is 6.04 Å². The molecule has 1 aromatic carbocycles. The SMILES string of the molecule is CCCNC(=O)C(C)NC(=O)C1CCCN(C(=O)Nc2cccc(C)c2)C1. The summed E-state index contributed by atoms with van der Waals surface area (Å²) >= 11 is 0. The number of urea groups is 1. The van der Waals surface area contributed by atoms with Gasteiger partial charge in [0, 0.05) is 25.3 Å². The average molecular weight is 374 g/mol. The predicted octanol–water partition coefficient (Wildman–Crippen LogP) is 2.27. The van der Waals surface area contributed by atoms with Crippen LogP contribution in [0.3, 0.4) is 0 Å². The van der Waals surface area contributed by atoms with Crippen molar-refractivity contribution in [2.75, 3.05) is 25.0 Å². The molecule has 1 aliphatic heterocycles. The third kappa shape index (κ3) is 6.27. The van der Waals surface area contributed by atoms with Crippen molar-refractivity contribution in [1.82, 2.24) is 15.5 Å². The Hall–Kier alpha value is -2.57. The molecular weight excluding hydrogens is 344 g/mol. The minimum absolute atomic E-state index is 0.179. The van der Waals surface area contributed by atoms with Crippen LogP contribution < -0.4 is 16.0 Å².